The molecule has 6 heteroatoms. The van der Waals surface area contributed by atoms with E-state index < -0.39 is 5.92 Å². The number of hydrogen-bond acceptors (Lipinski definition) is 4. The molecule has 0 bridgehead atoms. The Morgan fingerprint density at radius 3 is 2.78 bits per heavy atom. The molecule has 1 N–H and O–H groups in total. The smallest absolute Gasteiger partial charge is 0.254 e. The van der Waals surface area contributed by atoms with E-state index in [0.717, 1.165) is 31.4 Å². The first kappa shape index (κ1) is 16.0. The minimum Gasteiger partial charge on any atom is -0.353 e. The molecule has 3 rings (SSSR count). The molecule has 0 aliphatic carbocycles. The predicted molar refractivity (Wildman–Crippen MR) is 83.0 cm³/mol. The second kappa shape index (κ2) is 7.57. The Labute approximate surface area is 135 Å². The van der Waals surface area contributed by atoms with Crippen LogP contribution in [-0.4, -0.2) is 42.9 Å². The van der Waals surface area contributed by atoms with E-state index in [4.69, 9.17) is 9.47 Å². The fourth-order valence-electron chi connectivity index (χ4n) is 2.88. The third-order valence-corrected chi connectivity index (χ3v) is 4.16. The van der Waals surface area contributed by atoms with Crippen molar-refractivity contribution in [3.63, 3.8) is 0 Å². The third-order valence-electron chi connectivity index (χ3n) is 4.16. The first-order valence-corrected chi connectivity index (χ1v) is 8.13. The van der Waals surface area contributed by atoms with Crippen molar-refractivity contribution in [2.75, 3.05) is 19.8 Å². The molecule has 2 saturated heterocycles. The fraction of sp³-hybridized carbons (Fsp3) is 0.529. The molecule has 0 saturated carbocycles. The molecule has 0 radical (unpaired) electrons. The van der Waals surface area contributed by atoms with Gasteiger partial charge >= 0.3 is 0 Å². The first-order chi connectivity index (χ1) is 11.2. The molecule has 0 spiro atoms. The maximum Gasteiger partial charge on any atom is 0.254 e. The van der Waals surface area contributed by atoms with Crippen LogP contribution in [0.1, 0.15) is 24.8 Å². The average molecular weight is 318 g/mol. The van der Waals surface area contributed by atoms with Crippen LogP contribution in [0.4, 0.5) is 0 Å². The van der Waals surface area contributed by atoms with Crippen LogP contribution in [0.25, 0.3) is 0 Å². The van der Waals surface area contributed by atoms with Crippen LogP contribution in [0, 0.1) is 5.92 Å². The normalized spacial score (nSPS) is 24.8. The maximum atomic E-state index is 12.4. The number of rotatable bonds is 6. The van der Waals surface area contributed by atoms with Crippen LogP contribution >= 0.6 is 0 Å². The van der Waals surface area contributed by atoms with Gasteiger partial charge in [0, 0.05) is 6.61 Å². The van der Waals surface area contributed by atoms with Gasteiger partial charge < -0.3 is 9.47 Å². The molecule has 2 aliphatic heterocycles. The van der Waals surface area contributed by atoms with Gasteiger partial charge in [-0.25, -0.2) is 0 Å². The van der Waals surface area contributed by atoms with Crippen molar-refractivity contribution in [3.8, 4) is 0 Å². The number of amides is 2. The van der Waals surface area contributed by atoms with Crippen LogP contribution in [0.15, 0.2) is 30.3 Å². The van der Waals surface area contributed by atoms with Crippen LogP contribution in [0.5, 0.6) is 0 Å². The molecule has 2 aliphatic rings. The van der Waals surface area contributed by atoms with E-state index in [0.29, 0.717) is 19.6 Å². The van der Waals surface area contributed by atoms with Gasteiger partial charge in [-0.3, -0.25) is 20.0 Å². The molecule has 2 atom stereocenters. The lowest BCUT2D eigenvalue weighted by molar-refractivity contribution is -0.166. The quantitative estimate of drug-likeness (QED) is 0.802. The summed E-state index contributed by atoms with van der Waals surface area (Å²) in [7, 11) is 0. The second-order valence-corrected chi connectivity index (χ2v) is 5.88. The van der Waals surface area contributed by atoms with Gasteiger partial charge in [-0.2, -0.15) is 0 Å². The zero-order chi connectivity index (χ0) is 16.1. The fourth-order valence-corrected chi connectivity index (χ4v) is 2.88. The number of hydrogen-bond donors (Lipinski definition) is 1. The van der Waals surface area contributed by atoms with Gasteiger partial charge in [-0.05, 0) is 31.2 Å². The average Bonchev–Trinajstić information content (AvgIpc) is 2.85. The van der Waals surface area contributed by atoms with E-state index in [1.165, 1.54) is 5.01 Å². The first-order valence-electron chi connectivity index (χ1n) is 8.13. The molecule has 1 aromatic rings. The van der Waals surface area contributed by atoms with Crippen molar-refractivity contribution in [2.45, 2.75) is 32.0 Å². The number of carbonyl (C=O) groups excluding carboxylic acids is 2. The number of benzene rings is 1. The highest BCUT2D eigenvalue weighted by molar-refractivity contribution is 6.05. The minimum atomic E-state index is -0.650. The highest BCUT2D eigenvalue weighted by Crippen LogP contribution is 2.17. The van der Waals surface area contributed by atoms with E-state index in [2.05, 4.69) is 5.43 Å². The third kappa shape index (κ3) is 4.09. The molecular formula is C17H22N2O4. The van der Waals surface area contributed by atoms with Crippen LogP contribution in [-0.2, 0) is 25.5 Å². The summed E-state index contributed by atoms with van der Waals surface area (Å²) in [6, 6.07) is 9.57. The molecule has 6 nitrogen and oxygen atoms in total. The van der Waals surface area contributed by atoms with Gasteiger partial charge in [0.05, 0.1) is 13.2 Å². The topological polar surface area (TPSA) is 67.9 Å². The lowest BCUT2D eigenvalue weighted by atomic mass is 9.99. The standard InChI is InChI=1S/C17H22N2O4/c20-16-14(12-13-6-2-1-3-7-13)17(21)19(18-16)9-11-23-15-8-4-5-10-22-15/h1-3,6-7,14-15H,4-5,8-12H2,(H,18,20). The van der Waals surface area contributed by atoms with Crippen molar-refractivity contribution in [1.82, 2.24) is 10.4 Å². The van der Waals surface area contributed by atoms with Gasteiger partial charge in [-0.1, -0.05) is 30.3 Å². The zero-order valence-corrected chi connectivity index (χ0v) is 13.1. The Kier molecular flexibility index (Phi) is 5.25. The summed E-state index contributed by atoms with van der Waals surface area (Å²) in [5.41, 5.74) is 3.62. The van der Waals surface area contributed by atoms with E-state index in [1.54, 1.807) is 0 Å². The summed E-state index contributed by atoms with van der Waals surface area (Å²) in [6.45, 7) is 1.42. The number of ether oxygens (including phenoxy) is 2. The van der Waals surface area contributed by atoms with Crippen molar-refractivity contribution < 1.29 is 19.1 Å². The summed E-state index contributed by atoms with van der Waals surface area (Å²) in [4.78, 5) is 24.4. The van der Waals surface area contributed by atoms with Crippen molar-refractivity contribution >= 4 is 11.8 Å². The Morgan fingerprint density at radius 1 is 1.22 bits per heavy atom. The Bertz CT molecular complexity index is 543. The highest BCUT2D eigenvalue weighted by Gasteiger charge is 2.38. The van der Waals surface area contributed by atoms with Gasteiger partial charge in [-0.15, -0.1) is 0 Å². The molecule has 2 amide bonds. The lowest BCUT2D eigenvalue weighted by Crippen LogP contribution is -2.39. The SMILES string of the molecule is O=C1NN(CCOC2CCCCO2)C(=O)C1Cc1ccccc1. The van der Waals surface area contributed by atoms with Crippen LogP contribution in [0.2, 0.25) is 0 Å². The number of carbonyl (C=O) groups is 2. The maximum absolute atomic E-state index is 12.4. The zero-order valence-electron chi connectivity index (χ0n) is 13.1. The Morgan fingerprint density at radius 2 is 2.04 bits per heavy atom. The lowest BCUT2D eigenvalue weighted by Gasteiger charge is -2.24. The monoisotopic (exact) mass is 318 g/mol. The number of hydrazine groups is 1. The highest BCUT2D eigenvalue weighted by atomic mass is 16.7. The van der Waals surface area contributed by atoms with Gasteiger partial charge in [0.25, 0.3) is 11.8 Å². The largest absolute Gasteiger partial charge is 0.353 e. The van der Waals surface area contributed by atoms with Gasteiger partial charge in [0.15, 0.2) is 6.29 Å². The van der Waals surface area contributed by atoms with Gasteiger partial charge in [0.1, 0.15) is 5.92 Å². The van der Waals surface area contributed by atoms with E-state index >= 15 is 0 Å². The molecule has 124 valence electrons. The van der Waals surface area contributed by atoms with E-state index in [-0.39, 0.29) is 18.1 Å². The second-order valence-electron chi connectivity index (χ2n) is 5.88. The van der Waals surface area contributed by atoms with E-state index in [9.17, 15) is 9.59 Å². The summed E-state index contributed by atoms with van der Waals surface area (Å²) < 4.78 is 11.1. The summed E-state index contributed by atoms with van der Waals surface area (Å²) in [6.07, 6.45) is 3.30. The molecular weight excluding hydrogens is 296 g/mol. The molecule has 2 fully saturated rings. The molecule has 2 unspecified atom stereocenters. The molecule has 1 aromatic carbocycles. The Balaban J connectivity index is 1.48. The van der Waals surface area contributed by atoms with Crippen molar-refractivity contribution in [1.29, 1.82) is 0 Å². The van der Waals surface area contributed by atoms with Crippen LogP contribution < -0.4 is 5.43 Å². The molecule has 0 aromatic heterocycles. The Hall–Kier alpha value is -1.92. The van der Waals surface area contributed by atoms with E-state index in [1.807, 2.05) is 30.3 Å². The molecule has 2 heterocycles. The van der Waals surface area contributed by atoms with Gasteiger partial charge in [0.2, 0.25) is 0 Å². The van der Waals surface area contributed by atoms with Crippen molar-refractivity contribution in [3.05, 3.63) is 35.9 Å². The number of nitrogens with one attached hydrogen (secondary N) is 1. The predicted octanol–water partition coefficient (Wildman–Crippen LogP) is 1.26. The summed E-state index contributed by atoms with van der Waals surface area (Å²) in [5, 5.41) is 1.36. The van der Waals surface area contributed by atoms with Crippen LogP contribution in [0.3, 0.4) is 0 Å². The summed E-state index contributed by atoms with van der Waals surface area (Å²) in [5.74, 6) is -1.08. The van der Waals surface area contributed by atoms with Crippen molar-refractivity contribution in [2.24, 2.45) is 5.92 Å². The number of nitrogens with zero attached hydrogens (tertiary/aromatic N) is 1. The molecule has 23 heavy (non-hydrogen) atoms. The minimum absolute atomic E-state index is 0.183. The summed E-state index contributed by atoms with van der Waals surface area (Å²) >= 11 is 0.